The fraction of sp³-hybridized carbons (Fsp3) is 0.600. The Balaban J connectivity index is 2.10. The monoisotopic (exact) mass is 210 g/mol. The molecule has 1 aliphatic rings. The third kappa shape index (κ3) is 2.01. The van der Waals surface area contributed by atoms with Crippen molar-refractivity contribution in [3.05, 3.63) is 16.6 Å². The van der Waals surface area contributed by atoms with Crippen LogP contribution in [0.25, 0.3) is 0 Å². The zero-order valence-corrected chi connectivity index (χ0v) is 8.80. The summed E-state index contributed by atoms with van der Waals surface area (Å²) in [6, 6.07) is 0. The highest BCUT2D eigenvalue weighted by Gasteiger charge is 2.26. The minimum Gasteiger partial charge on any atom is -0.316 e. The molecule has 1 N–H and O–H groups in total. The van der Waals surface area contributed by atoms with Gasteiger partial charge in [-0.3, -0.25) is 0 Å². The fourth-order valence-electron chi connectivity index (χ4n) is 2.07. The lowest BCUT2D eigenvalue weighted by molar-refractivity contribution is -0.108. The van der Waals surface area contributed by atoms with Crippen molar-refractivity contribution in [2.45, 2.75) is 18.8 Å². The van der Waals surface area contributed by atoms with E-state index in [1.54, 1.807) is 11.3 Å². The summed E-state index contributed by atoms with van der Waals surface area (Å²) < 4.78 is 0. The van der Waals surface area contributed by atoms with E-state index in [-0.39, 0.29) is 0 Å². The van der Waals surface area contributed by atoms with Gasteiger partial charge < -0.3 is 10.1 Å². The Bertz CT molecular complexity index is 286. The molecule has 1 aromatic heterocycles. The van der Waals surface area contributed by atoms with E-state index in [0.717, 1.165) is 31.5 Å². The summed E-state index contributed by atoms with van der Waals surface area (Å²) >= 11 is 1.63. The molecule has 76 valence electrons. The standard InChI is InChI=1S/C10H14N2OS/c13-4-2-8-1-3-11-5-9(8)10-6-14-7-12-10/h4,6-9,11H,1-3,5H2. The van der Waals surface area contributed by atoms with Gasteiger partial charge in [0.2, 0.25) is 0 Å². The molecule has 1 fully saturated rings. The molecule has 0 aromatic carbocycles. The smallest absolute Gasteiger partial charge is 0.120 e. The van der Waals surface area contributed by atoms with Gasteiger partial charge in [-0.15, -0.1) is 11.3 Å². The number of hydrogen-bond donors (Lipinski definition) is 1. The minimum absolute atomic E-state index is 0.431. The third-order valence-electron chi connectivity index (χ3n) is 2.86. The van der Waals surface area contributed by atoms with Gasteiger partial charge in [0.15, 0.2) is 0 Å². The Labute approximate surface area is 87.6 Å². The minimum atomic E-state index is 0.431. The molecular weight excluding hydrogens is 196 g/mol. The van der Waals surface area contributed by atoms with E-state index in [4.69, 9.17) is 0 Å². The van der Waals surface area contributed by atoms with Gasteiger partial charge in [0.25, 0.3) is 0 Å². The van der Waals surface area contributed by atoms with Crippen LogP contribution in [-0.4, -0.2) is 24.4 Å². The molecule has 14 heavy (non-hydrogen) atoms. The van der Waals surface area contributed by atoms with Crippen LogP contribution in [0.3, 0.4) is 0 Å². The summed E-state index contributed by atoms with van der Waals surface area (Å²) in [4.78, 5) is 14.9. The Morgan fingerprint density at radius 2 is 2.64 bits per heavy atom. The lowest BCUT2D eigenvalue weighted by Crippen LogP contribution is -2.35. The van der Waals surface area contributed by atoms with Crippen molar-refractivity contribution in [2.75, 3.05) is 13.1 Å². The van der Waals surface area contributed by atoms with Crippen molar-refractivity contribution in [3.8, 4) is 0 Å². The molecule has 0 spiro atoms. The average molecular weight is 210 g/mol. The number of nitrogens with one attached hydrogen (secondary N) is 1. The fourth-order valence-corrected chi connectivity index (χ4v) is 2.69. The predicted octanol–water partition coefficient (Wildman–Crippen LogP) is 1.43. The molecule has 0 saturated carbocycles. The molecule has 0 amide bonds. The second-order valence-corrected chi connectivity index (χ2v) is 4.39. The van der Waals surface area contributed by atoms with Crippen molar-refractivity contribution in [2.24, 2.45) is 5.92 Å². The van der Waals surface area contributed by atoms with Crippen LogP contribution in [-0.2, 0) is 4.79 Å². The summed E-state index contributed by atoms with van der Waals surface area (Å²) in [6.07, 6.45) is 2.79. The molecule has 3 nitrogen and oxygen atoms in total. The Morgan fingerprint density at radius 3 is 3.36 bits per heavy atom. The zero-order valence-electron chi connectivity index (χ0n) is 7.98. The number of piperidine rings is 1. The molecular formula is C10H14N2OS. The summed E-state index contributed by atoms with van der Waals surface area (Å²) in [6.45, 7) is 1.99. The van der Waals surface area contributed by atoms with Gasteiger partial charge in [0, 0.05) is 24.3 Å². The highest BCUT2D eigenvalue weighted by Crippen LogP contribution is 2.30. The number of thiazole rings is 1. The van der Waals surface area contributed by atoms with Crippen LogP contribution in [0.2, 0.25) is 0 Å². The third-order valence-corrected chi connectivity index (χ3v) is 3.46. The first-order valence-corrected chi connectivity index (χ1v) is 5.88. The number of aromatic nitrogens is 1. The summed E-state index contributed by atoms with van der Waals surface area (Å²) in [5.41, 5.74) is 3.01. The van der Waals surface area contributed by atoms with E-state index >= 15 is 0 Å². The van der Waals surface area contributed by atoms with Crippen LogP contribution in [0.1, 0.15) is 24.5 Å². The molecule has 2 rings (SSSR count). The maximum absolute atomic E-state index is 10.6. The average Bonchev–Trinajstić information content (AvgIpc) is 2.72. The Kier molecular flexibility index (Phi) is 3.26. The second kappa shape index (κ2) is 4.66. The Hall–Kier alpha value is -0.740. The van der Waals surface area contributed by atoms with E-state index in [9.17, 15) is 4.79 Å². The highest BCUT2D eigenvalue weighted by atomic mass is 32.1. The molecule has 2 heterocycles. The molecule has 1 aliphatic heterocycles. The van der Waals surface area contributed by atoms with Crippen LogP contribution in [0, 0.1) is 5.92 Å². The van der Waals surface area contributed by atoms with Crippen molar-refractivity contribution in [1.82, 2.24) is 10.3 Å². The van der Waals surface area contributed by atoms with Crippen LogP contribution < -0.4 is 5.32 Å². The lowest BCUT2D eigenvalue weighted by Gasteiger charge is -2.29. The summed E-state index contributed by atoms with van der Waals surface area (Å²) in [5, 5.41) is 5.45. The molecule has 4 heteroatoms. The molecule has 0 bridgehead atoms. The molecule has 1 aromatic rings. The lowest BCUT2D eigenvalue weighted by atomic mass is 9.83. The van der Waals surface area contributed by atoms with Crippen LogP contribution in [0.15, 0.2) is 10.9 Å². The van der Waals surface area contributed by atoms with Gasteiger partial charge >= 0.3 is 0 Å². The van der Waals surface area contributed by atoms with E-state index in [1.165, 1.54) is 0 Å². The first-order chi connectivity index (χ1) is 6.92. The maximum atomic E-state index is 10.6. The van der Waals surface area contributed by atoms with Gasteiger partial charge in [-0.25, -0.2) is 4.98 Å². The van der Waals surface area contributed by atoms with E-state index in [0.29, 0.717) is 18.3 Å². The Morgan fingerprint density at radius 1 is 1.71 bits per heavy atom. The van der Waals surface area contributed by atoms with Crippen molar-refractivity contribution in [1.29, 1.82) is 0 Å². The zero-order chi connectivity index (χ0) is 9.80. The van der Waals surface area contributed by atoms with Crippen molar-refractivity contribution < 1.29 is 4.79 Å². The number of rotatable bonds is 3. The SMILES string of the molecule is O=CCC1CCNCC1c1cscn1. The molecule has 0 radical (unpaired) electrons. The van der Waals surface area contributed by atoms with Crippen molar-refractivity contribution in [3.63, 3.8) is 0 Å². The number of hydrogen-bond acceptors (Lipinski definition) is 4. The summed E-state index contributed by atoms with van der Waals surface area (Å²) in [7, 11) is 0. The van der Waals surface area contributed by atoms with Crippen LogP contribution >= 0.6 is 11.3 Å². The largest absolute Gasteiger partial charge is 0.316 e. The van der Waals surface area contributed by atoms with Gasteiger partial charge in [-0.1, -0.05) is 0 Å². The number of aldehydes is 1. The molecule has 2 atom stereocenters. The van der Waals surface area contributed by atoms with Crippen LogP contribution in [0.5, 0.6) is 0 Å². The molecule has 0 aliphatic carbocycles. The van der Waals surface area contributed by atoms with Crippen molar-refractivity contribution >= 4 is 17.6 Å². The van der Waals surface area contributed by atoms with Gasteiger partial charge in [-0.05, 0) is 18.9 Å². The first-order valence-electron chi connectivity index (χ1n) is 4.94. The normalized spacial score (nSPS) is 27.4. The van der Waals surface area contributed by atoms with Gasteiger partial charge in [-0.2, -0.15) is 0 Å². The maximum Gasteiger partial charge on any atom is 0.120 e. The first kappa shape index (κ1) is 9.80. The predicted molar refractivity (Wildman–Crippen MR) is 56.5 cm³/mol. The summed E-state index contributed by atoms with van der Waals surface area (Å²) in [5.74, 6) is 0.913. The topological polar surface area (TPSA) is 42.0 Å². The van der Waals surface area contributed by atoms with E-state index in [2.05, 4.69) is 15.7 Å². The van der Waals surface area contributed by atoms with E-state index < -0.39 is 0 Å². The van der Waals surface area contributed by atoms with Gasteiger partial charge in [0.05, 0.1) is 11.2 Å². The number of carbonyl (C=O) groups is 1. The van der Waals surface area contributed by atoms with Crippen LogP contribution in [0.4, 0.5) is 0 Å². The highest BCUT2D eigenvalue weighted by molar-refractivity contribution is 7.07. The number of carbonyl (C=O) groups excluding carboxylic acids is 1. The second-order valence-electron chi connectivity index (χ2n) is 3.68. The number of nitrogens with zero attached hydrogens (tertiary/aromatic N) is 1. The van der Waals surface area contributed by atoms with E-state index in [1.807, 2.05) is 5.51 Å². The molecule has 2 unspecified atom stereocenters. The van der Waals surface area contributed by atoms with Gasteiger partial charge in [0.1, 0.15) is 6.29 Å². The quantitative estimate of drug-likeness (QED) is 0.767. The molecule has 1 saturated heterocycles.